The van der Waals surface area contributed by atoms with E-state index >= 15 is 0 Å². The smallest absolute Gasteiger partial charge is 0.0564 e. The van der Waals surface area contributed by atoms with Crippen LogP contribution in [-0.4, -0.2) is 54.6 Å². The minimum Gasteiger partial charge on any atom is -0.388 e. The van der Waals surface area contributed by atoms with E-state index in [2.05, 4.69) is 46.9 Å². The summed E-state index contributed by atoms with van der Waals surface area (Å²) in [6, 6.07) is 4.13. The monoisotopic (exact) mass is 278 g/mol. The van der Waals surface area contributed by atoms with Crippen molar-refractivity contribution in [2.45, 2.75) is 33.7 Å². The summed E-state index contributed by atoms with van der Waals surface area (Å²) in [5.41, 5.74) is 2.27. The van der Waals surface area contributed by atoms with Crippen LogP contribution in [0.2, 0.25) is 0 Å². The van der Waals surface area contributed by atoms with Gasteiger partial charge in [0.05, 0.1) is 5.69 Å². The van der Waals surface area contributed by atoms with E-state index in [-0.39, 0.29) is 0 Å². The molecule has 0 spiro atoms. The van der Waals surface area contributed by atoms with Gasteiger partial charge in [0.2, 0.25) is 0 Å². The molecule has 0 aromatic carbocycles. The van der Waals surface area contributed by atoms with Crippen LogP contribution >= 0.6 is 0 Å². The third kappa shape index (κ3) is 5.88. The van der Waals surface area contributed by atoms with E-state index in [1.807, 2.05) is 19.3 Å². The molecular formula is C16H30N4. The van der Waals surface area contributed by atoms with Gasteiger partial charge < -0.3 is 10.2 Å². The van der Waals surface area contributed by atoms with Gasteiger partial charge in [-0.1, -0.05) is 20.8 Å². The van der Waals surface area contributed by atoms with Crippen LogP contribution in [-0.2, 0) is 6.54 Å². The molecule has 0 aliphatic heterocycles. The molecule has 0 aliphatic carbocycles. The topological polar surface area (TPSA) is 31.4 Å². The van der Waals surface area contributed by atoms with Gasteiger partial charge in [0.25, 0.3) is 0 Å². The van der Waals surface area contributed by atoms with Crippen molar-refractivity contribution in [3.8, 4) is 0 Å². The number of nitrogens with zero attached hydrogens (tertiary/aromatic N) is 3. The predicted molar refractivity (Wildman–Crippen MR) is 87.1 cm³/mol. The number of hydrogen-bond donors (Lipinski definition) is 1. The molecule has 0 fully saturated rings. The Kier molecular flexibility index (Phi) is 8.23. The van der Waals surface area contributed by atoms with Crippen molar-refractivity contribution in [3.05, 3.63) is 24.0 Å². The van der Waals surface area contributed by atoms with Crippen LogP contribution < -0.4 is 5.32 Å². The third-order valence-corrected chi connectivity index (χ3v) is 3.78. The molecule has 4 heteroatoms. The van der Waals surface area contributed by atoms with Crippen LogP contribution in [0.1, 0.15) is 32.9 Å². The van der Waals surface area contributed by atoms with Crippen molar-refractivity contribution in [3.63, 3.8) is 0 Å². The largest absolute Gasteiger partial charge is 0.388 e. The summed E-state index contributed by atoms with van der Waals surface area (Å²) in [5, 5.41) is 3.17. The number of aromatic nitrogens is 1. The van der Waals surface area contributed by atoms with Gasteiger partial charge >= 0.3 is 0 Å². The van der Waals surface area contributed by atoms with Crippen molar-refractivity contribution >= 4 is 5.69 Å². The lowest BCUT2D eigenvalue weighted by molar-refractivity contribution is 0.237. The Labute approximate surface area is 124 Å². The van der Waals surface area contributed by atoms with Gasteiger partial charge in [0.15, 0.2) is 0 Å². The SMILES string of the molecule is CCN(CC)CCCN(CC)Cc1cc(NC)ccn1. The number of nitrogens with one attached hydrogen (secondary N) is 1. The average molecular weight is 278 g/mol. The molecule has 0 saturated heterocycles. The second kappa shape index (κ2) is 9.72. The van der Waals surface area contributed by atoms with Crippen LogP contribution in [0.15, 0.2) is 18.3 Å². The van der Waals surface area contributed by atoms with E-state index in [1.165, 1.54) is 13.0 Å². The van der Waals surface area contributed by atoms with Gasteiger partial charge in [0, 0.05) is 25.5 Å². The van der Waals surface area contributed by atoms with E-state index in [0.29, 0.717) is 0 Å². The zero-order chi connectivity index (χ0) is 14.8. The number of pyridine rings is 1. The standard InChI is InChI=1S/C16H30N4/c1-5-19(6-2)11-8-12-20(7-3)14-16-13-15(17-4)9-10-18-16/h9-10,13H,5-8,11-12,14H2,1-4H3,(H,17,18). The maximum Gasteiger partial charge on any atom is 0.0564 e. The Hall–Kier alpha value is -1.13. The molecule has 0 saturated carbocycles. The molecule has 0 radical (unpaired) electrons. The van der Waals surface area contributed by atoms with Crippen LogP contribution in [0.4, 0.5) is 5.69 Å². The molecule has 4 nitrogen and oxygen atoms in total. The van der Waals surface area contributed by atoms with Gasteiger partial charge in [0.1, 0.15) is 0 Å². The highest BCUT2D eigenvalue weighted by atomic mass is 15.1. The molecule has 0 atom stereocenters. The Morgan fingerprint density at radius 3 is 2.30 bits per heavy atom. The fraction of sp³-hybridized carbons (Fsp3) is 0.688. The zero-order valence-corrected chi connectivity index (χ0v) is 13.5. The second-order valence-corrected chi connectivity index (χ2v) is 5.04. The van der Waals surface area contributed by atoms with Gasteiger partial charge in [-0.2, -0.15) is 0 Å². The fourth-order valence-electron chi connectivity index (χ4n) is 2.36. The summed E-state index contributed by atoms with van der Waals surface area (Å²) in [5.74, 6) is 0. The van der Waals surface area contributed by atoms with E-state index in [9.17, 15) is 0 Å². The summed E-state index contributed by atoms with van der Waals surface area (Å²) in [6.45, 7) is 13.3. The van der Waals surface area contributed by atoms with E-state index < -0.39 is 0 Å². The summed E-state index contributed by atoms with van der Waals surface area (Å²) in [7, 11) is 1.95. The van der Waals surface area contributed by atoms with Gasteiger partial charge in [-0.15, -0.1) is 0 Å². The minimum absolute atomic E-state index is 0.935. The summed E-state index contributed by atoms with van der Waals surface area (Å²) >= 11 is 0. The second-order valence-electron chi connectivity index (χ2n) is 5.04. The van der Waals surface area contributed by atoms with Crippen LogP contribution in [0.3, 0.4) is 0 Å². The average Bonchev–Trinajstić information content (AvgIpc) is 2.50. The van der Waals surface area contributed by atoms with Gasteiger partial charge in [-0.3, -0.25) is 9.88 Å². The Bertz CT molecular complexity index is 363. The van der Waals surface area contributed by atoms with Crippen LogP contribution in [0, 0.1) is 0 Å². The van der Waals surface area contributed by atoms with Gasteiger partial charge in [-0.25, -0.2) is 0 Å². The Balaban J connectivity index is 2.42. The van der Waals surface area contributed by atoms with Crippen molar-refractivity contribution < 1.29 is 0 Å². The molecular weight excluding hydrogens is 248 g/mol. The first kappa shape index (κ1) is 16.9. The van der Waals surface area contributed by atoms with Crippen molar-refractivity contribution in [1.29, 1.82) is 0 Å². The predicted octanol–water partition coefficient (Wildman–Crippen LogP) is 2.68. The molecule has 0 unspecified atom stereocenters. The van der Waals surface area contributed by atoms with Crippen LogP contribution in [0.25, 0.3) is 0 Å². The van der Waals surface area contributed by atoms with Gasteiger partial charge in [-0.05, 0) is 51.3 Å². The molecule has 0 aliphatic rings. The van der Waals surface area contributed by atoms with E-state index in [4.69, 9.17) is 0 Å². The molecule has 1 heterocycles. The Morgan fingerprint density at radius 2 is 1.70 bits per heavy atom. The number of anilines is 1. The molecule has 0 amide bonds. The Morgan fingerprint density at radius 1 is 1.05 bits per heavy atom. The third-order valence-electron chi connectivity index (χ3n) is 3.78. The molecule has 1 aromatic rings. The summed E-state index contributed by atoms with van der Waals surface area (Å²) in [4.78, 5) is 9.40. The van der Waals surface area contributed by atoms with E-state index in [1.54, 1.807) is 0 Å². The molecule has 1 N–H and O–H groups in total. The lowest BCUT2D eigenvalue weighted by atomic mass is 10.2. The summed E-state index contributed by atoms with van der Waals surface area (Å²) in [6.07, 6.45) is 3.10. The maximum atomic E-state index is 4.46. The normalized spacial score (nSPS) is 11.3. The molecule has 1 aromatic heterocycles. The highest BCUT2D eigenvalue weighted by molar-refractivity contribution is 5.42. The summed E-state index contributed by atoms with van der Waals surface area (Å²) < 4.78 is 0. The molecule has 1 rings (SSSR count). The van der Waals surface area contributed by atoms with Crippen molar-refractivity contribution in [2.24, 2.45) is 0 Å². The first-order chi connectivity index (χ1) is 9.73. The zero-order valence-electron chi connectivity index (χ0n) is 13.5. The number of rotatable bonds is 10. The lowest BCUT2D eigenvalue weighted by Crippen LogP contribution is -2.30. The molecule has 0 bridgehead atoms. The molecule has 20 heavy (non-hydrogen) atoms. The minimum atomic E-state index is 0.935. The quantitative estimate of drug-likeness (QED) is 0.713. The lowest BCUT2D eigenvalue weighted by Gasteiger charge is -2.23. The highest BCUT2D eigenvalue weighted by Crippen LogP contribution is 2.09. The van der Waals surface area contributed by atoms with Crippen LogP contribution in [0.5, 0.6) is 0 Å². The van der Waals surface area contributed by atoms with E-state index in [0.717, 1.165) is 44.1 Å². The highest BCUT2D eigenvalue weighted by Gasteiger charge is 2.06. The number of hydrogen-bond acceptors (Lipinski definition) is 4. The van der Waals surface area contributed by atoms with Crippen molar-refractivity contribution in [2.75, 3.05) is 45.1 Å². The van der Waals surface area contributed by atoms with Crippen molar-refractivity contribution in [1.82, 2.24) is 14.8 Å². The maximum absolute atomic E-state index is 4.46. The first-order valence-corrected chi connectivity index (χ1v) is 7.80. The molecule has 114 valence electrons. The first-order valence-electron chi connectivity index (χ1n) is 7.80. The fourth-order valence-corrected chi connectivity index (χ4v) is 2.36.